The number of carbonyl (C=O) groups is 1. The van der Waals surface area contributed by atoms with Gasteiger partial charge in [0.15, 0.2) is 5.17 Å². The van der Waals surface area contributed by atoms with Crippen LogP contribution in [0.2, 0.25) is 0 Å². The molecule has 1 aliphatic heterocycles. The van der Waals surface area contributed by atoms with Crippen LogP contribution in [0, 0.1) is 0 Å². The van der Waals surface area contributed by atoms with E-state index in [1.54, 1.807) is 11.8 Å². The van der Waals surface area contributed by atoms with Crippen molar-refractivity contribution in [2.24, 2.45) is 4.99 Å². The van der Waals surface area contributed by atoms with E-state index in [0.29, 0.717) is 12.6 Å². The average molecular weight is 215 g/mol. The lowest BCUT2D eigenvalue weighted by molar-refractivity contribution is -0.120. The molecule has 0 radical (unpaired) electrons. The average Bonchev–Trinajstić information content (AvgIpc) is 2.56. The Morgan fingerprint density at radius 2 is 2.43 bits per heavy atom. The number of amides is 1. The summed E-state index contributed by atoms with van der Waals surface area (Å²) in [5.41, 5.74) is 0. The van der Waals surface area contributed by atoms with E-state index in [4.69, 9.17) is 0 Å². The molecular formula is C9H17N3OS. The van der Waals surface area contributed by atoms with Gasteiger partial charge in [-0.15, -0.1) is 0 Å². The van der Waals surface area contributed by atoms with Crippen LogP contribution in [0.5, 0.6) is 0 Å². The van der Waals surface area contributed by atoms with Crippen LogP contribution >= 0.6 is 11.8 Å². The molecule has 0 atom stereocenters. The Balaban J connectivity index is 2.28. The molecular weight excluding hydrogens is 198 g/mol. The van der Waals surface area contributed by atoms with Gasteiger partial charge in [0.1, 0.15) is 0 Å². The summed E-state index contributed by atoms with van der Waals surface area (Å²) in [6.07, 6.45) is 0. The van der Waals surface area contributed by atoms with Crippen molar-refractivity contribution in [2.45, 2.75) is 19.9 Å². The minimum atomic E-state index is 0.0225. The van der Waals surface area contributed by atoms with E-state index >= 15 is 0 Å². The maximum atomic E-state index is 11.5. The van der Waals surface area contributed by atoms with Crippen molar-refractivity contribution < 1.29 is 4.79 Å². The molecule has 0 spiro atoms. The van der Waals surface area contributed by atoms with Gasteiger partial charge in [-0.3, -0.25) is 14.7 Å². The summed E-state index contributed by atoms with van der Waals surface area (Å²) in [5.74, 6) is 1.00. The summed E-state index contributed by atoms with van der Waals surface area (Å²) >= 11 is 1.61. The monoisotopic (exact) mass is 215 g/mol. The molecule has 0 aromatic heterocycles. The Hall–Kier alpha value is -0.550. The number of aliphatic imine (C=N–C) groups is 1. The number of thioether (sulfide) groups is 1. The zero-order valence-electron chi connectivity index (χ0n) is 8.91. The number of hydrogen-bond acceptors (Lipinski definition) is 4. The predicted octanol–water partition coefficient (Wildman–Crippen LogP) is 0.546. The highest BCUT2D eigenvalue weighted by atomic mass is 32.2. The van der Waals surface area contributed by atoms with Crippen molar-refractivity contribution in [3.63, 3.8) is 0 Å². The Morgan fingerprint density at radius 3 is 2.93 bits per heavy atom. The largest absolute Gasteiger partial charge is 0.304 e. The zero-order chi connectivity index (χ0) is 10.6. The van der Waals surface area contributed by atoms with Crippen LogP contribution in [0.15, 0.2) is 4.99 Å². The van der Waals surface area contributed by atoms with Crippen LogP contribution in [-0.4, -0.2) is 47.9 Å². The molecule has 1 heterocycles. The molecule has 0 saturated heterocycles. The molecule has 80 valence electrons. The standard InChI is InChI=1S/C9H17N3OS/c1-7(2)12(3)6-8(13)11-9-10-4-5-14-9/h7H,4-6H2,1-3H3,(H,10,11,13). The van der Waals surface area contributed by atoms with E-state index in [-0.39, 0.29) is 5.91 Å². The minimum Gasteiger partial charge on any atom is -0.304 e. The SMILES string of the molecule is CC(C)N(C)CC(=O)NC1=NCCS1. The maximum absolute atomic E-state index is 11.5. The summed E-state index contributed by atoms with van der Waals surface area (Å²) in [7, 11) is 1.94. The molecule has 1 N–H and O–H groups in total. The molecule has 1 rings (SSSR count). The minimum absolute atomic E-state index is 0.0225. The summed E-state index contributed by atoms with van der Waals surface area (Å²) in [6.45, 7) is 5.38. The molecule has 0 aliphatic carbocycles. The number of carbonyl (C=O) groups excluding carboxylic acids is 1. The zero-order valence-corrected chi connectivity index (χ0v) is 9.73. The second kappa shape index (κ2) is 5.36. The van der Waals surface area contributed by atoms with Gasteiger partial charge in [0.05, 0.1) is 13.1 Å². The molecule has 0 saturated carbocycles. The molecule has 4 nitrogen and oxygen atoms in total. The van der Waals surface area contributed by atoms with Gasteiger partial charge in [-0.1, -0.05) is 11.8 Å². The van der Waals surface area contributed by atoms with E-state index in [9.17, 15) is 4.79 Å². The summed E-state index contributed by atoms with van der Waals surface area (Å²) in [4.78, 5) is 17.6. The molecule has 14 heavy (non-hydrogen) atoms. The number of likely N-dealkylation sites (N-methyl/N-ethyl adjacent to an activating group) is 1. The molecule has 5 heteroatoms. The van der Waals surface area contributed by atoms with Crippen molar-refractivity contribution in [2.75, 3.05) is 25.9 Å². The highest BCUT2D eigenvalue weighted by Gasteiger charge is 2.13. The number of amidine groups is 1. The Morgan fingerprint density at radius 1 is 1.71 bits per heavy atom. The van der Waals surface area contributed by atoms with Gasteiger partial charge in [0, 0.05) is 11.8 Å². The van der Waals surface area contributed by atoms with Crippen LogP contribution in [0.1, 0.15) is 13.8 Å². The smallest absolute Gasteiger partial charge is 0.240 e. The lowest BCUT2D eigenvalue weighted by Crippen LogP contribution is -2.39. The fraction of sp³-hybridized carbons (Fsp3) is 0.778. The van der Waals surface area contributed by atoms with Gasteiger partial charge in [-0.25, -0.2) is 0 Å². The van der Waals surface area contributed by atoms with Gasteiger partial charge < -0.3 is 5.32 Å². The van der Waals surface area contributed by atoms with E-state index in [0.717, 1.165) is 17.5 Å². The van der Waals surface area contributed by atoms with E-state index in [2.05, 4.69) is 24.2 Å². The summed E-state index contributed by atoms with van der Waals surface area (Å²) in [6, 6.07) is 0.388. The second-order valence-electron chi connectivity index (χ2n) is 3.59. The number of hydrogen-bond donors (Lipinski definition) is 1. The van der Waals surface area contributed by atoms with Crippen LogP contribution < -0.4 is 5.32 Å². The van der Waals surface area contributed by atoms with Crippen molar-refractivity contribution in [3.05, 3.63) is 0 Å². The number of nitrogens with one attached hydrogen (secondary N) is 1. The van der Waals surface area contributed by atoms with Crippen LogP contribution in [-0.2, 0) is 4.79 Å². The Bertz CT molecular complexity index is 240. The topological polar surface area (TPSA) is 44.7 Å². The quantitative estimate of drug-likeness (QED) is 0.747. The number of nitrogens with zero attached hydrogens (tertiary/aromatic N) is 2. The van der Waals surface area contributed by atoms with Crippen molar-refractivity contribution in [1.29, 1.82) is 0 Å². The Kier molecular flexibility index (Phi) is 4.41. The highest BCUT2D eigenvalue weighted by molar-refractivity contribution is 8.14. The van der Waals surface area contributed by atoms with Gasteiger partial charge in [0.25, 0.3) is 0 Å². The molecule has 0 fully saturated rings. The molecule has 1 aliphatic rings. The summed E-state index contributed by atoms with van der Waals surface area (Å²) in [5, 5.41) is 3.57. The van der Waals surface area contributed by atoms with E-state index in [1.165, 1.54) is 0 Å². The molecule has 1 amide bonds. The van der Waals surface area contributed by atoms with Gasteiger partial charge in [-0.2, -0.15) is 0 Å². The maximum Gasteiger partial charge on any atom is 0.240 e. The van der Waals surface area contributed by atoms with Crippen molar-refractivity contribution >= 4 is 22.8 Å². The first-order valence-corrected chi connectivity index (χ1v) is 5.75. The second-order valence-corrected chi connectivity index (χ2v) is 4.68. The number of rotatable bonds is 3. The lowest BCUT2D eigenvalue weighted by atomic mass is 10.3. The Labute approximate surface area is 89.1 Å². The highest BCUT2D eigenvalue weighted by Crippen LogP contribution is 2.08. The predicted molar refractivity (Wildman–Crippen MR) is 60.7 cm³/mol. The van der Waals surface area contributed by atoms with Crippen molar-refractivity contribution in [3.8, 4) is 0 Å². The molecule has 0 aromatic carbocycles. The van der Waals surface area contributed by atoms with Crippen molar-refractivity contribution in [1.82, 2.24) is 10.2 Å². The van der Waals surface area contributed by atoms with Crippen LogP contribution in [0.3, 0.4) is 0 Å². The first kappa shape index (κ1) is 11.5. The third-order valence-corrected chi connectivity index (χ3v) is 3.00. The van der Waals surface area contributed by atoms with Gasteiger partial charge in [0.2, 0.25) is 5.91 Å². The normalized spacial score (nSPS) is 16.2. The van der Waals surface area contributed by atoms with Gasteiger partial charge in [-0.05, 0) is 20.9 Å². The molecule has 0 bridgehead atoms. The van der Waals surface area contributed by atoms with Crippen LogP contribution in [0.25, 0.3) is 0 Å². The first-order valence-electron chi connectivity index (χ1n) is 4.77. The fourth-order valence-corrected chi connectivity index (χ4v) is 1.72. The van der Waals surface area contributed by atoms with Crippen LogP contribution in [0.4, 0.5) is 0 Å². The first-order chi connectivity index (χ1) is 6.59. The fourth-order valence-electron chi connectivity index (χ4n) is 0.979. The molecule has 0 aromatic rings. The van der Waals surface area contributed by atoms with E-state index in [1.807, 2.05) is 11.9 Å². The molecule has 0 unspecified atom stereocenters. The third-order valence-electron chi connectivity index (χ3n) is 2.11. The van der Waals surface area contributed by atoms with Gasteiger partial charge >= 0.3 is 0 Å². The third kappa shape index (κ3) is 3.67. The summed E-state index contributed by atoms with van der Waals surface area (Å²) < 4.78 is 0. The van der Waals surface area contributed by atoms with E-state index < -0.39 is 0 Å². The lowest BCUT2D eigenvalue weighted by Gasteiger charge is -2.19.